The summed E-state index contributed by atoms with van der Waals surface area (Å²) in [5.74, 6) is 1.69. The fourth-order valence-corrected chi connectivity index (χ4v) is 3.34. The Labute approximate surface area is 153 Å². The Hall–Kier alpha value is -2.86. The summed E-state index contributed by atoms with van der Waals surface area (Å²) >= 11 is 0. The molecular formula is C20H22N6. The van der Waals surface area contributed by atoms with Gasteiger partial charge >= 0.3 is 0 Å². The zero-order valence-corrected chi connectivity index (χ0v) is 14.6. The van der Waals surface area contributed by atoms with E-state index < -0.39 is 0 Å². The first kappa shape index (κ1) is 16.6. The van der Waals surface area contributed by atoms with Crippen LogP contribution >= 0.6 is 0 Å². The van der Waals surface area contributed by atoms with Crippen molar-refractivity contribution >= 4 is 11.8 Å². The molecule has 0 aliphatic carbocycles. The van der Waals surface area contributed by atoms with Crippen LogP contribution in [0.25, 0.3) is 0 Å². The lowest BCUT2D eigenvalue weighted by molar-refractivity contribution is 0.203. The second-order valence-electron chi connectivity index (χ2n) is 6.56. The maximum Gasteiger partial charge on any atom is 0.228 e. The van der Waals surface area contributed by atoms with Crippen molar-refractivity contribution in [3.63, 3.8) is 0 Å². The van der Waals surface area contributed by atoms with Crippen LogP contribution in [0.1, 0.15) is 30.0 Å². The molecule has 1 aliphatic rings. The maximum atomic E-state index is 4.73. The minimum atomic E-state index is 0.452. The molecule has 0 amide bonds. The summed E-state index contributed by atoms with van der Waals surface area (Å²) < 4.78 is 0. The van der Waals surface area contributed by atoms with Gasteiger partial charge in [-0.2, -0.15) is 0 Å². The molecule has 1 aliphatic heterocycles. The normalized spacial score (nSPS) is 15.7. The Kier molecular flexibility index (Phi) is 5.12. The molecule has 0 radical (unpaired) electrons. The molecule has 0 atom stereocenters. The summed E-state index contributed by atoms with van der Waals surface area (Å²) in [7, 11) is 0. The van der Waals surface area contributed by atoms with E-state index in [-0.39, 0.29) is 0 Å². The molecule has 2 aromatic heterocycles. The van der Waals surface area contributed by atoms with E-state index in [0.717, 1.165) is 38.2 Å². The Morgan fingerprint density at radius 1 is 0.962 bits per heavy atom. The van der Waals surface area contributed by atoms with Crippen LogP contribution in [0.3, 0.4) is 0 Å². The van der Waals surface area contributed by atoms with Crippen molar-refractivity contribution in [1.29, 1.82) is 0 Å². The first-order valence-electron chi connectivity index (χ1n) is 8.99. The van der Waals surface area contributed by atoms with Crippen LogP contribution < -0.4 is 5.32 Å². The van der Waals surface area contributed by atoms with Crippen LogP contribution in [-0.4, -0.2) is 37.9 Å². The summed E-state index contributed by atoms with van der Waals surface area (Å²) in [5.41, 5.74) is 2.42. The van der Waals surface area contributed by atoms with Crippen LogP contribution in [-0.2, 0) is 6.54 Å². The monoisotopic (exact) mass is 346 g/mol. The van der Waals surface area contributed by atoms with Crippen molar-refractivity contribution in [1.82, 2.24) is 24.8 Å². The van der Waals surface area contributed by atoms with Gasteiger partial charge in [0.2, 0.25) is 5.95 Å². The first-order chi connectivity index (χ1) is 12.9. The molecule has 6 heteroatoms. The molecule has 3 heterocycles. The summed E-state index contributed by atoms with van der Waals surface area (Å²) in [4.78, 5) is 19.9. The quantitative estimate of drug-likeness (QED) is 0.764. The molecule has 0 spiro atoms. The van der Waals surface area contributed by atoms with Gasteiger partial charge in [-0.1, -0.05) is 30.3 Å². The van der Waals surface area contributed by atoms with Crippen LogP contribution in [0.5, 0.6) is 0 Å². The third-order valence-electron chi connectivity index (χ3n) is 4.71. The summed E-state index contributed by atoms with van der Waals surface area (Å²) in [5, 5.41) is 3.12. The minimum absolute atomic E-state index is 0.452. The molecule has 6 nitrogen and oxygen atoms in total. The van der Waals surface area contributed by atoms with Crippen LogP contribution in [0.4, 0.5) is 11.8 Å². The van der Waals surface area contributed by atoms with Crippen LogP contribution in [0, 0.1) is 0 Å². The average Bonchev–Trinajstić information content (AvgIpc) is 2.70. The number of hydrogen-bond acceptors (Lipinski definition) is 6. The first-order valence-corrected chi connectivity index (χ1v) is 8.99. The van der Waals surface area contributed by atoms with Crippen molar-refractivity contribution in [2.45, 2.75) is 25.3 Å². The Morgan fingerprint density at radius 3 is 2.50 bits per heavy atom. The third-order valence-corrected chi connectivity index (χ3v) is 4.71. The van der Waals surface area contributed by atoms with Gasteiger partial charge in [-0.3, -0.25) is 9.88 Å². The molecular weight excluding hydrogens is 324 g/mol. The van der Waals surface area contributed by atoms with Gasteiger partial charge in [0.25, 0.3) is 0 Å². The zero-order chi connectivity index (χ0) is 17.6. The second-order valence-corrected chi connectivity index (χ2v) is 6.56. The predicted octanol–water partition coefficient (Wildman–Crippen LogP) is 3.39. The van der Waals surface area contributed by atoms with Gasteiger partial charge < -0.3 is 5.32 Å². The molecule has 0 unspecified atom stereocenters. The maximum absolute atomic E-state index is 4.73. The molecule has 0 bridgehead atoms. The molecule has 1 aromatic carbocycles. The number of nitrogens with one attached hydrogen (secondary N) is 1. The van der Waals surface area contributed by atoms with E-state index in [1.165, 1.54) is 5.56 Å². The highest BCUT2D eigenvalue weighted by atomic mass is 15.1. The standard InChI is InChI=1S/C20H22N6/c1-2-5-16(6-3-1)15-26-11-7-17(8-12-26)18-13-21-14-19(24-18)25-20-22-9-4-10-23-20/h1-6,9-10,13-14,17H,7-8,11-12,15H2,(H,22,23,24,25). The number of aromatic nitrogens is 4. The predicted molar refractivity (Wildman–Crippen MR) is 101 cm³/mol. The fourth-order valence-electron chi connectivity index (χ4n) is 3.34. The lowest BCUT2D eigenvalue weighted by atomic mass is 9.93. The van der Waals surface area contributed by atoms with Crippen LogP contribution in [0.15, 0.2) is 61.2 Å². The molecule has 4 rings (SSSR count). The van der Waals surface area contributed by atoms with Crippen molar-refractivity contribution in [2.75, 3.05) is 18.4 Å². The van der Waals surface area contributed by atoms with E-state index in [2.05, 4.69) is 55.5 Å². The van der Waals surface area contributed by atoms with Gasteiger partial charge in [0.05, 0.1) is 11.9 Å². The highest BCUT2D eigenvalue weighted by molar-refractivity contribution is 5.45. The van der Waals surface area contributed by atoms with Gasteiger partial charge in [-0.05, 0) is 37.6 Å². The smallest absolute Gasteiger partial charge is 0.228 e. The Bertz CT molecular complexity index is 816. The van der Waals surface area contributed by atoms with E-state index in [4.69, 9.17) is 4.98 Å². The minimum Gasteiger partial charge on any atom is -0.307 e. The molecule has 3 aromatic rings. The van der Waals surface area contributed by atoms with E-state index in [9.17, 15) is 0 Å². The number of likely N-dealkylation sites (tertiary alicyclic amines) is 1. The second kappa shape index (κ2) is 8.01. The van der Waals surface area contributed by atoms with E-state index in [0.29, 0.717) is 17.7 Å². The van der Waals surface area contributed by atoms with Crippen molar-refractivity contribution in [3.8, 4) is 0 Å². The molecule has 1 saturated heterocycles. The molecule has 1 N–H and O–H groups in total. The average molecular weight is 346 g/mol. The van der Waals surface area contributed by atoms with E-state index >= 15 is 0 Å². The topological polar surface area (TPSA) is 66.8 Å². The van der Waals surface area contributed by atoms with Crippen molar-refractivity contribution < 1.29 is 0 Å². The number of benzene rings is 1. The molecule has 132 valence electrons. The lowest BCUT2D eigenvalue weighted by Gasteiger charge is -2.31. The third kappa shape index (κ3) is 4.21. The van der Waals surface area contributed by atoms with Gasteiger partial charge in [-0.25, -0.2) is 15.0 Å². The van der Waals surface area contributed by atoms with Crippen molar-refractivity contribution in [3.05, 3.63) is 72.4 Å². The Balaban J connectivity index is 1.36. The number of rotatable bonds is 5. The molecule has 26 heavy (non-hydrogen) atoms. The lowest BCUT2D eigenvalue weighted by Crippen LogP contribution is -2.32. The van der Waals surface area contributed by atoms with Crippen LogP contribution in [0.2, 0.25) is 0 Å². The summed E-state index contributed by atoms with van der Waals surface area (Å²) in [6.45, 7) is 3.19. The number of piperidine rings is 1. The highest BCUT2D eigenvalue weighted by Crippen LogP contribution is 2.27. The van der Waals surface area contributed by atoms with E-state index in [1.54, 1.807) is 24.7 Å². The van der Waals surface area contributed by atoms with Crippen molar-refractivity contribution in [2.24, 2.45) is 0 Å². The number of hydrogen-bond donors (Lipinski definition) is 1. The fraction of sp³-hybridized carbons (Fsp3) is 0.300. The molecule has 0 saturated carbocycles. The van der Waals surface area contributed by atoms with Gasteiger partial charge in [0.15, 0.2) is 5.82 Å². The van der Waals surface area contributed by atoms with E-state index in [1.807, 2.05) is 6.20 Å². The Morgan fingerprint density at radius 2 is 1.73 bits per heavy atom. The summed E-state index contributed by atoms with van der Waals surface area (Å²) in [6, 6.07) is 12.4. The number of anilines is 2. The van der Waals surface area contributed by atoms with Gasteiger partial charge in [0, 0.05) is 31.1 Å². The largest absolute Gasteiger partial charge is 0.307 e. The zero-order valence-electron chi connectivity index (χ0n) is 14.6. The van der Waals surface area contributed by atoms with Gasteiger partial charge in [0.1, 0.15) is 0 Å². The van der Waals surface area contributed by atoms with Gasteiger partial charge in [-0.15, -0.1) is 0 Å². The SMILES string of the molecule is c1ccc(CN2CCC(c3cncc(Nc4ncccn4)n3)CC2)cc1. The molecule has 1 fully saturated rings. The number of nitrogens with zero attached hydrogens (tertiary/aromatic N) is 5. The summed E-state index contributed by atoms with van der Waals surface area (Å²) in [6.07, 6.45) is 9.21. The highest BCUT2D eigenvalue weighted by Gasteiger charge is 2.22.